The topological polar surface area (TPSA) is 62.5 Å². The van der Waals surface area contributed by atoms with E-state index in [0.717, 1.165) is 11.5 Å². The van der Waals surface area contributed by atoms with Crippen LogP contribution in [0.4, 0.5) is 4.39 Å². The van der Waals surface area contributed by atoms with Gasteiger partial charge in [-0.25, -0.2) is 4.39 Å². The summed E-state index contributed by atoms with van der Waals surface area (Å²) >= 11 is 0. The molecule has 2 N–H and O–H groups in total. The molecule has 2 aromatic rings. The zero-order valence-corrected chi connectivity index (χ0v) is 13.1. The largest absolute Gasteiger partial charge is 0.359 e. The molecule has 0 aliphatic heterocycles. The van der Waals surface area contributed by atoms with Crippen LogP contribution in [-0.2, 0) is 13.1 Å². The summed E-state index contributed by atoms with van der Waals surface area (Å²) in [6.45, 7) is 4.95. The highest BCUT2D eigenvalue weighted by molar-refractivity contribution is 5.79. The number of rotatable bonds is 5. The quantitative estimate of drug-likeness (QED) is 0.658. The molecule has 1 heterocycles. The number of benzene rings is 1. The first kappa shape index (κ1) is 16.0. The Bertz CT molecular complexity index is 637. The van der Waals surface area contributed by atoms with Crippen LogP contribution in [0.25, 0.3) is 0 Å². The summed E-state index contributed by atoms with van der Waals surface area (Å²) in [5, 5.41) is 10.2. The summed E-state index contributed by atoms with van der Waals surface area (Å²) in [7, 11) is 1.66. The maximum Gasteiger partial charge on any atom is 0.191 e. The predicted molar refractivity (Wildman–Crippen MR) is 84.0 cm³/mol. The van der Waals surface area contributed by atoms with Crippen molar-refractivity contribution in [2.24, 2.45) is 4.99 Å². The first-order valence-corrected chi connectivity index (χ1v) is 7.23. The molecule has 6 heteroatoms. The van der Waals surface area contributed by atoms with Crippen molar-refractivity contribution < 1.29 is 8.91 Å². The summed E-state index contributed by atoms with van der Waals surface area (Å²) in [5.41, 5.74) is 1.51. The maximum absolute atomic E-state index is 13.5. The number of nitrogens with one attached hydrogen (secondary N) is 2. The van der Waals surface area contributed by atoms with Gasteiger partial charge in [-0.05, 0) is 12.0 Å². The molecule has 0 amide bonds. The summed E-state index contributed by atoms with van der Waals surface area (Å²) < 4.78 is 18.8. The van der Waals surface area contributed by atoms with Crippen molar-refractivity contribution >= 4 is 5.96 Å². The van der Waals surface area contributed by atoms with E-state index >= 15 is 0 Å². The molecule has 0 bridgehead atoms. The lowest BCUT2D eigenvalue weighted by atomic mass is 10.1. The second-order valence-electron chi connectivity index (χ2n) is 5.24. The number of hydrogen-bond acceptors (Lipinski definition) is 3. The third-order valence-electron chi connectivity index (χ3n) is 3.23. The molecule has 0 aliphatic rings. The minimum Gasteiger partial charge on any atom is -0.359 e. The number of guanidine groups is 1. The molecule has 118 valence electrons. The van der Waals surface area contributed by atoms with E-state index in [9.17, 15) is 4.39 Å². The molecule has 0 radical (unpaired) electrons. The maximum atomic E-state index is 13.5. The van der Waals surface area contributed by atoms with Crippen molar-refractivity contribution in [3.8, 4) is 0 Å². The zero-order chi connectivity index (χ0) is 15.9. The molecule has 0 saturated carbocycles. The fourth-order valence-electron chi connectivity index (χ4n) is 1.90. The molecule has 22 heavy (non-hydrogen) atoms. The van der Waals surface area contributed by atoms with Crippen LogP contribution in [0, 0.1) is 5.82 Å². The lowest BCUT2D eigenvalue weighted by molar-refractivity contribution is 0.372. The van der Waals surface area contributed by atoms with Crippen LogP contribution in [-0.4, -0.2) is 18.2 Å². The summed E-state index contributed by atoms with van der Waals surface area (Å²) in [6, 6.07) is 8.57. The second-order valence-corrected chi connectivity index (χ2v) is 5.24. The Morgan fingerprint density at radius 3 is 2.64 bits per heavy atom. The van der Waals surface area contributed by atoms with Gasteiger partial charge in [0.1, 0.15) is 5.82 Å². The van der Waals surface area contributed by atoms with Crippen molar-refractivity contribution in [1.82, 2.24) is 15.8 Å². The van der Waals surface area contributed by atoms with E-state index < -0.39 is 0 Å². The molecule has 5 nitrogen and oxygen atoms in total. The SMILES string of the molecule is CN=C(NCc1cc(C(C)C)no1)NCc1ccccc1F. The second kappa shape index (κ2) is 7.59. The molecular weight excluding hydrogens is 283 g/mol. The van der Waals surface area contributed by atoms with E-state index in [1.54, 1.807) is 25.2 Å². The third-order valence-corrected chi connectivity index (χ3v) is 3.23. The van der Waals surface area contributed by atoms with Crippen LogP contribution in [0.5, 0.6) is 0 Å². The molecule has 0 spiro atoms. The molecule has 1 aromatic heterocycles. The number of aromatic nitrogens is 1. The fourth-order valence-corrected chi connectivity index (χ4v) is 1.90. The average molecular weight is 304 g/mol. The van der Waals surface area contributed by atoms with Crippen LogP contribution in [0.1, 0.15) is 36.8 Å². The first-order chi connectivity index (χ1) is 10.6. The average Bonchev–Trinajstić information content (AvgIpc) is 2.98. The highest BCUT2D eigenvalue weighted by atomic mass is 19.1. The number of aliphatic imine (C=N–C) groups is 1. The van der Waals surface area contributed by atoms with Crippen LogP contribution in [0.15, 0.2) is 39.8 Å². The molecule has 2 rings (SSSR count). The van der Waals surface area contributed by atoms with E-state index in [-0.39, 0.29) is 5.82 Å². The first-order valence-electron chi connectivity index (χ1n) is 7.23. The van der Waals surface area contributed by atoms with E-state index in [1.807, 2.05) is 6.07 Å². The van der Waals surface area contributed by atoms with Crippen LogP contribution >= 0.6 is 0 Å². The van der Waals surface area contributed by atoms with Gasteiger partial charge in [0.2, 0.25) is 0 Å². The number of halogens is 1. The third kappa shape index (κ3) is 4.31. The lowest BCUT2D eigenvalue weighted by Crippen LogP contribution is -2.36. The van der Waals surface area contributed by atoms with Gasteiger partial charge in [-0.15, -0.1) is 0 Å². The van der Waals surface area contributed by atoms with Crippen molar-refractivity contribution in [2.75, 3.05) is 7.05 Å². The van der Waals surface area contributed by atoms with E-state index in [2.05, 4.69) is 34.6 Å². The highest BCUT2D eigenvalue weighted by Gasteiger charge is 2.08. The Kier molecular flexibility index (Phi) is 5.52. The molecule has 0 unspecified atom stereocenters. The van der Waals surface area contributed by atoms with Crippen LogP contribution in [0.3, 0.4) is 0 Å². The minimum absolute atomic E-state index is 0.234. The highest BCUT2D eigenvalue weighted by Crippen LogP contribution is 2.13. The zero-order valence-electron chi connectivity index (χ0n) is 13.1. The summed E-state index contributed by atoms with van der Waals surface area (Å²) in [6.07, 6.45) is 0. The lowest BCUT2D eigenvalue weighted by Gasteiger charge is -2.11. The minimum atomic E-state index is -0.234. The van der Waals surface area contributed by atoms with Gasteiger partial charge in [0.25, 0.3) is 0 Å². The monoisotopic (exact) mass is 304 g/mol. The fraction of sp³-hybridized carbons (Fsp3) is 0.375. The van der Waals surface area contributed by atoms with Gasteiger partial charge in [0.05, 0.1) is 12.2 Å². The van der Waals surface area contributed by atoms with Crippen molar-refractivity contribution in [3.05, 3.63) is 53.2 Å². The predicted octanol–water partition coefficient (Wildman–Crippen LogP) is 2.80. The van der Waals surface area contributed by atoms with Gasteiger partial charge in [0, 0.05) is 25.2 Å². The number of hydrogen-bond donors (Lipinski definition) is 2. The van der Waals surface area contributed by atoms with E-state index in [1.165, 1.54) is 6.07 Å². The van der Waals surface area contributed by atoms with Crippen molar-refractivity contribution in [1.29, 1.82) is 0 Å². The van der Waals surface area contributed by atoms with E-state index in [4.69, 9.17) is 4.52 Å². The Labute approximate surface area is 129 Å². The number of nitrogens with zero attached hydrogens (tertiary/aromatic N) is 2. The van der Waals surface area contributed by atoms with Crippen molar-refractivity contribution in [2.45, 2.75) is 32.9 Å². The normalized spacial score (nSPS) is 11.8. The van der Waals surface area contributed by atoms with Gasteiger partial charge >= 0.3 is 0 Å². The molecule has 0 fully saturated rings. The van der Waals surface area contributed by atoms with Crippen LogP contribution in [0.2, 0.25) is 0 Å². The van der Waals surface area contributed by atoms with Gasteiger partial charge in [0.15, 0.2) is 11.7 Å². The van der Waals surface area contributed by atoms with E-state index in [0.29, 0.717) is 30.5 Å². The molecule has 0 atom stereocenters. The van der Waals surface area contributed by atoms with Gasteiger partial charge < -0.3 is 15.2 Å². The van der Waals surface area contributed by atoms with Gasteiger partial charge in [-0.1, -0.05) is 37.2 Å². The standard InChI is InChI=1S/C16H21FN4O/c1-11(2)15-8-13(22-21-15)10-20-16(18-3)19-9-12-6-4-5-7-14(12)17/h4-8,11H,9-10H2,1-3H3,(H2,18,19,20). The smallest absolute Gasteiger partial charge is 0.191 e. The van der Waals surface area contributed by atoms with Gasteiger partial charge in [-0.2, -0.15) is 0 Å². The summed E-state index contributed by atoms with van der Waals surface area (Å²) in [5.74, 6) is 1.40. The molecule has 1 aromatic carbocycles. The molecule has 0 aliphatic carbocycles. The summed E-state index contributed by atoms with van der Waals surface area (Å²) in [4.78, 5) is 4.10. The Hall–Kier alpha value is -2.37. The Morgan fingerprint density at radius 1 is 1.27 bits per heavy atom. The van der Waals surface area contributed by atoms with Crippen LogP contribution < -0.4 is 10.6 Å². The van der Waals surface area contributed by atoms with Gasteiger partial charge in [-0.3, -0.25) is 4.99 Å². The Balaban J connectivity index is 1.86. The Morgan fingerprint density at radius 2 is 2.00 bits per heavy atom. The molecule has 0 saturated heterocycles. The van der Waals surface area contributed by atoms with Crippen molar-refractivity contribution in [3.63, 3.8) is 0 Å². The molecular formula is C16H21FN4O.